The van der Waals surface area contributed by atoms with E-state index >= 15 is 0 Å². The molecule has 3 aliphatic rings. The van der Waals surface area contributed by atoms with E-state index in [1.807, 2.05) is 0 Å². The number of rotatable bonds is 3. The van der Waals surface area contributed by atoms with Crippen molar-refractivity contribution in [3.05, 3.63) is 146 Å². The summed E-state index contributed by atoms with van der Waals surface area (Å²) in [4.78, 5) is 0. The number of benzene rings is 8. The van der Waals surface area contributed by atoms with Gasteiger partial charge in [0.1, 0.15) is 22.3 Å². The highest BCUT2D eigenvalue weighted by molar-refractivity contribution is 7.39. The highest BCUT2D eigenvalue weighted by Gasteiger charge is 2.58. The van der Waals surface area contributed by atoms with Crippen LogP contribution >= 0.6 is 16.4 Å². The van der Waals surface area contributed by atoms with E-state index in [0.29, 0.717) is 32.5 Å². The monoisotopic (exact) mass is 813 g/mol. The molecule has 8 aromatic carbocycles. The SMILES string of the molecule is c1ccc2c(c1)ccc1op(O[C@H]3C[C@@H]4CC5(C[C@H]3N4p3oc4ccc6ccccc6c4c4c(ccc6ccccc64)o3)OCCO5)oc3ccc4ccccc4c3c12. The fourth-order valence-corrected chi connectivity index (χ4v) is 13.2. The van der Waals surface area contributed by atoms with Crippen LogP contribution in [0.5, 0.6) is 0 Å². The molecule has 5 heterocycles. The van der Waals surface area contributed by atoms with Gasteiger partial charge < -0.3 is 26.3 Å². The van der Waals surface area contributed by atoms with Crippen molar-refractivity contribution in [1.29, 1.82) is 0 Å². The molecule has 59 heavy (non-hydrogen) atoms. The van der Waals surface area contributed by atoms with Crippen LogP contribution in [0.4, 0.5) is 0 Å². The van der Waals surface area contributed by atoms with E-state index in [1.54, 1.807) is 0 Å². The van der Waals surface area contributed by atoms with E-state index in [0.717, 1.165) is 87.0 Å². The smallest absolute Gasteiger partial charge is 0.387 e. The number of hydrogen-bond acceptors (Lipinski definition) is 8. The average molecular weight is 814 g/mol. The summed E-state index contributed by atoms with van der Waals surface area (Å²) in [5.74, 6) is -0.692. The van der Waals surface area contributed by atoms with Crippen molar-refractivity contribution >= 4 is 103 Å². The number of fused-ring (bicyclic) bond motifs is 16. The van der Waals surface area contributed by atoms with Gasteiger partial charge in [-0.05, 0) is 73.8 Å². The lowest BCUT2D eigenvalue weighted by Gasteiger charge is -2.41. The first-order chi connectivity index (χ1) is 29.2. The number of hydrogen-bond donors (Lipinski definition) is 0. The summed E-state index contributed by atoms with van der Waals surface area (Å²) in [6, 6.07) is 50.6. The summed E-state index contributed by atoms with van der Waals surface area (Å²) in [6.45, 7) is 1.14. The molecule has 0 aliphatic carbocycles. The predicted octanol–water partition coefficient (Wildman–Crippen LogP) is 13.6. The Kier molecular flexibility index (Phi) is 7.69. The minimum absolute atomic E-state index is 0.0108. The van der Waals surface area contributed by atoms with Gasteiger partial charge >= 0.3 is 16.4 Å². The van der Waals surface area contributed by atoms with Crippen molar-refractivity contribution in [3.8, 4) is 0 Å². The van der Waals surface area contributed by atoms with Crippen molar-refractivity contribution in [2.24, 2.45) is 0 Å². The molecule has 3 aliphatic heterocycles. The van der Waals surface area contributed by atoms with Crippen molar-refractivity contribution in [1.82, 2.24) is 0 Å². The van der Waals surface area contributed by atoms with E-state index in [-0.39, 0.29) is 18.2 Å². The first-order valence-electron chi connectivity index (χ1n) is 20.3. The molecule has 0 amide bonds. The van der Waals surface area contributed by atoms with Gasteiger partial charge in [-0.25, -0.2) is 0 Å². The lowest BCUT2D eigenvalue weighted by Crippen LogP contribution is -2.52. The highest BCUT2D eigenvalue weighted by Crippen LogP contribution is 2.54. The third kappa shape index (κ3) is 5.38. The number of piperidine rings is 1. The van der Waals surface area contributed by atoms with E-state index in [2.05, 4.69) is 150 Å². The third-order valence-corrected chi connectivity index (χ3v) is 15.5. The standard InChI is InChI=1S/C49H37NO7P2/c1-5-13-35-30(9-1)17-21-40-45(35)46-36-14-6-2-10-31(36)18-22-41(46)54-58(53-40)50-34-27-44(39(50)29-49(28-34)51-25-26-52-49)57-59-55-42-23-19-32-11-3-7-15-37(32)47(42)48-38-16-8-4-12-33(38)20-24-43(48)56-59/h1-24,34,39,44H,25-29H2/t34-,39-,44+/m1/s1. The van der Waals surface area contributed by atoms with Crippen LogP contribution in [-0.2, 0) is 9.47 Å². The first-order valence-corrected chi connectivity index (χ1v) is 22.5. The Balaban J connectivity index is 1.01. The van der Waals surface area contributed by atoms with E-state index in [1.165, 1.54) is 0 Å². The Hall–Kier alpha value is -5.56. The molecule has 13 rings (SSSR count). The topological polar surface area (TPSA) is 83.5 Å². The molecular formula is C49H37NO7P2. The molecule has 3 saturated heterocycles. The minimum atomic E-state index is -1.89. The Bertz CT molecular complexity index is 3230. The fraction of sp³-hybridized carbons (Fsp3) is 0.184. The molecule has 8 nitrogen and oxygen atoms in total. The highest BCUT2D eigenvalue weighted by atomic mass is 31.1. The van der Waals surface area contributed by atoms with Gasteiger partial charge in [-0.2, -0.15) is 4.67 Å². The predicted molar refractivity (Wildman–Crippen MR) is 237 cm³/mol. The minimum Gasteiger partial charge on any atom is -0.408 e. The molecule has 0 radical (unpaired) electrons. The van der Waals surface area contributed by atoms with Crippen molar-refractivity contribution < 1.29 is 30.8 Å². The molecular weight excluding hydrogens is 776 g/mol. The lowest BCUT2D eigenvalue weighted by molar-refractivity contribution is -0.177. The summed E-state index contributed by atoms with van der Waals surface area (Å²) in [7, 11) is -3.55. The molecule has 0 N–H and O–H groups in total. The van der Waals surface area contributed by atoms with E-state index in [9.17, 15) is 0 Å². The van der Waals surface area contributed by atoms with E-state index in [4.69, 9.17) is 30.8 Å². The summed E-state index contributed by atoms with van der Waals surface area (Å²) in [5.41, 5.74) is 3.11. The molecule has 3 atom stereocenters. The van der Waals surface area contributed by atoms with Crippen LogP contribution in [0.2, 0.25) is 0 Å². The molecule has 3 fully saturated rings. The maximum absolute atomic E-state index is 7.18. The number of nitrogens with zero attached hydrogens (tertiary/aromatic N) is 1. The lowest BCUT2D eigenvalue weighted by atomic mass is 9.98. The Morgan fingerprint density at radius 3 is 1.32 bits per heavy atom. The van der Waals surface area contributed by atoms with Gasteiger partial charge in [0.05, 0.1) is 25.4 Å². The molecule has 290 valence electrons. The van der Waals surface area contributed by atoms with Gasteiger partial charge in [0.15, 0.2) is 5.79 Å². The molecule has 10 aromatic rings. The molecule has 10 heteroatoms. The third-order valence-electron chi connectivity index (χ3n) is 12.7. The van der Waals surface area contributed by atoms with Crippen LogP contribution in [0, 0.1) is 0 Å². The van der Waals surface area contributed by atoms with Gasteiger partial charge in [-0.1, -0.05) is 121 Å². The Morgan fingerprint density at radius 1 is 0.475 bits per heavy atom. The maximum atomic E-state index is 7.18. The number of ether oxygens (including phenoxy) is 2. The Labute approximate surface area is 339 Å². The zero-order valence-corrected chi connectivity index (χ0v) is 33.6. The van der Waals surface area contributed by atoms with Gasteiger partial charge in [0, 0.05) is 40.4 Å². The molecule has 2 bridgehead atoms. The largest absolute Gasteiger partial charge is 0.408 e. The zero-order chi connectivity index (χ0) is 38.7. The van der Waals surface area contributed by atoms with Crippen LogP contribution < -0.4 is 9.19 Å². The van der Waals surface area contributed by atoms with Crippen LogP contribution in [0.15, 0.2) is 162 Å². The molecule has 0 saturated carbocycles. The van der Waals surface area contributed by atoms with Gasteiger partial charge in [-0.15, -0.1) is 0 Å². The van der Waals surface area contributed by atoms with Crippen molar-refractivity contribution in [2.75, 3.05) is 17.9 Å². The summed E-state index contributed by atoms with van der Waals surface area (Å²) >= 11 is 0. The van der Waals surface area contributed by atoms with Gasteiger partial charge in [0.2, 0.25) is 0 Å². The molecule has 0 unspecified atom stereocenters. The summed E-state index contributed by atoms with van der Waals surface area (Å²) in [6.07, 6.45) is 1.70. The second-order valence-electron chi connectivity index (χ2n) is 16.0. The first kappa shape index (κ1) is 34.3. The summed E-state index contributed by atoms with van der Waals surface area (Å²) < 4.78 is 50.6. The van der Waals surface area contributed by atoms with Crippen molar-refractivity contribution in [3.63, 3.8) is 0 Å². The summed E-state index contributed by atoms with van der Waals surface area (Å²) in [5, 5.41) is 13.2. The molecule has 2 aromatic heterocycles. The average Bonchev–Trinajstić information content (AvgIpc) is 3.68. The maximum Gasteiger partial charge on any atom is 0.387 e. The second kappa shape index (κ2) is 13.2. The van der Waals surface area contributed by atoms with Crippen molar-refractivity contribution in [2.45, 2.75) is 43.2 Å². The van der Waals surface area contributed by atoms with Gasteiger partial charge in [-0.3, -0.25) is 4.52 Å². The van der Waals surface area contributed by atoms with Crippen LogP contribution in [-0.4, -0.2) is 37.2 Å². The normalized spacial score (nSPS) is 20.4. The zero-order valence-electron chi connectivity index (χ0n) is 31.8. The van der Waals surface area contributed by atoms with Crippen LogP contribution in [0.25, 0.3) is 87.0 Å². The van der Waals surface area contributed by atoms with Crippen LogP contribution in [0.1, 0.15) is 19.3 Å². The Morgan fingerprint density at radius 2 is 0.881 bits per heavy atom. The molecule has 1 spiro atoms. The van der Waals surface area contributed by atoms with E-state index < -0.39 is 22.2 Å². The second-order valence-corrected chi connectivity index (χ2v) is 18.3. The van der Waals surface area contributed by atoms with Gasteiger partial charge in [0.25, 0.3) is 0 Å². The van der Waals surface area contributed by atoms with Crippen LogP contribution in [0.3, 0.4) is 0 Å². The quantitative estimate of drug-likeness (QED) is 0.174. The fourth-order valence-electron chi connectivity index (χ4n) is 10.2.